The minimum Gasteiger partial charge on any atom is -0.491 e. The van der Waals surface area contributed by atoms with E-state index in [0.29, 0.717) is 0 Å². The summed E-state index contributed by atoms with van der Waals surface area (Å²) in [5, 5.41) is 3.29. The molecule has 0 spiro atoms. The first-order valence-electron chi connectivity index (χ1n) is 10.6. The van der Waals surface area contributed by atoms with E-state index in [9.17, 15) is 13.2 Å². The first kappa shape index (κ1) is 25.9. The van der Waals surface area contributed by atoms with Gasteiger partial charge < -0.3 is 10.1 Å². The second kappa shape index (κ2) is 11.1. The summed E-state index contributed by atoms with van der Waals surface area (Å²) in [4.78, 5) is 12.9. The number of amides is 1. The lowest BCUT2D eigenvalue weighted by Gasteiger charge is -2.24. The first-order valence-corrected chi connectivity index (χ1v) is 12.8. The standard InChI is InChI=1S/C25H26Cl2N2O4S/c1-17(2)33-23-8-6-19(7-9-23)15-28-25(30)16-29(22-13-20(26)12-21(27)14-22)34(31,32)24-10-4-18(3)5-11-24/h4-14,17H,15-16H2,1-3H3,(H,28,30). The second-order valence-corrected chi connectivity index (χ2v) is 10.8. The van der Waals surface area contributed by atoms with Crippen molar-refractivity contribution in [2.24, 2.45) is 0 Å². The highest BCUT2D eigenvalue weighted by atomic mass is 35.5. The van der Waals surface area contributed by atoms with E-state index in [1.165, 1.54) is 30.3 Å². The lowest BCUT2D eigenvalue weighted by Crippen LogP contribution is -2.40. The third-order valence-electron chi connectivity index (χ3n) is 4.82. The highest BCUT2D eigenvalue weighted by Crippen LogP contribution is 2.29. The molecule has 1 amide bonds. The van der Waals surface area contributed by atoms with Crippen LogP contribution in [0.3, 0.4) is 0 Å². The van der Waals surface area contributed by atoms with E-state index in [1.54, 1.807) is 12.1 Å². The molecule has 34 heavy (non-hydrogen) atoms. The average molecular weight is 521 g/mol. The van der Waals surface area contributed by atoms with E-state index in [-0.39, 0.29) is 33.3 Å². The molecule has 0 aliphatic heterocycles. The fourth-order valence-corrected chi connectivity index (χ4v) is 5.10. The lowest BCUT2D eigenvalue weighted by atomic mass is 10.2. The normalized spacial score (nSPS) is 11.4. The summed E-state index contributed by atoms with van der Waals surface area (Å²) in [7, 11) is -4.06. The van der Waals surface area contributed by atoms with Gasteiger partial charge >= 0.3 is 0 Å². The molecule has 0 radical (unpaired) electrons. The highest BCUT2D eigenvalue weighted by Gasteiger charge is 2.27. The maximum absolute atomic E-state index is 13.4. The van der Waals surface area contributed by atoms with Gasteiger partial charge in [0.2, 0.25) is 5.91 Å². The summed E-state index contributed by atoms with van der Waals surface area (Å²) < 4.78 is 33.5. The minimum atomic E-state index is -4.06. The van der Waals surface area contributed by atoms with E-state index >= 15 is 0 Å². The van der Waals surface area contributed by atoms with Crippen molar-refractivity contribution in [3.63, 3.8) is 0 Å². The maximum Gasteiger partial charge on any atom is 0.264 e. The van der Waals surface area contributed by atoms with Crippen LogP contribution < -0.4 is 14.4 Å². The second-order valence-electron chi connectivity index (χ2n) is 8.04. The topological polar surface area (TPSA) is 75.7 Å². The molecule has 0 unspecified atom stereocenters. The van der Waals surface area contributed by atoms with Gasteiger partial charge in [-0.1, -0.05) is 53.0 Å². The van der Waals surface area contributed by atoms with Gasteiger partial charge in [-0.15, -0.1) is 0 Å². The van der Waals surface area contributed by atoms with Crippen LogP contribution in [0.4, 0.5) is 5.69 Å². The number of halogens is 2. The van der Waals surface area contributed by atoms with Crippen molar-refractivity contribution in [1.29, 1.82) is 0 Å². The number of hydrogen-bond donors (Lipinski definition) is 1. The summed E-state index contributed by atoms with van der Waals surface area (Å²) >= 11 is 12.2. The Morgan fingerprint density at radius 3 is 2.12 bits per heavy atom. The Bertz CT molecular complexity index is 1220. The molecule has 9 heteroatoms. The number of nitrogens with zero attached hydrogens (tertiary/aromatic N) is 1. The van der Waals surface area contributed by atoms with E-state index < -0.39 is 22.5 Å². The molecule has 1 N–H and O–H groups in total. The molecular weight excluding hydrogens is 495 g/mol. The van der Waals surface area contributed by atoms with Gasteiger partial charge in [0.1, 0.15) is 12.3 Å². The van der Waals surface area contributed by atoms with Crippen LogP contribution in [0.25, 0.3) is 0 Å². The van der Waals surface area contributed by atoms with Gasteiger partial charge in [0, 0.05) is 16.6 Å². The Morgan fingerprint density at radius 2 is 1.56 bits per heavy atom. The molecule has 0 fully saturated rings. The van der Waals surface area contributed by atoms with E-state index in [0.717, 1.165) is 21.2 Å². The average Bonchev–Trinajstić information content (AvgIpc) is 2.76. The molecule has 0 aromatic heterocycles. The SMILES string of the molecule is Cc1ccc(S(=O)(=O)N(CC(=O)NCc2ccc(OC(C)C)cc2)c2cc(Cl)cc(Cl)c2)cc1. The number of carbonyl (C=O) groups is 1. The maximum atomic E-state index is 13.4. The number of hydrogen-bond acceptors (Lipinski definition) is 4. The van der Waals surface area contributed by atoms with Crippen LogP contribution in [0, 0.1) is 6.92 Å². The summed E-state index contributed by atoms with van der Waals surface area (Å²) in [6.07, 6.45) is 0.0620. The van der Waals surface area contributed by atoms with Crippen molar-refractivity contribution < 1.29 is 17.9 Å². The van der Waals surface area contributed by atoms with Crippen LogP contribution in [0.5, 0.6) is 5.75 Å². The van der Waals surface area contributed by atoms with Crippen molar-refractivity contribution in [1.82, 2.24) is 5.32 Å². The molecule has 3 aromatic rings. The Kier molecular flexibility index (Phi) is 8.47. The molecular formula is C25H26Cl2N2O4S. The number of aryl methyl sites for hydroxylation is 1. The zero-order valence-electron chi connectivity index (χ0n) is 19.1. The van der Waals surface area contributed by atoms with Crippen LogP contribution in [-0.2, 0) is 21.4 Å². The molecule has 0 aliphatic rings. The van der Waals surface area contributed by atoms with E-state index in [2.05, 4.69) is 5.32 Å². The van der Waals surface area contributed by atoms with Gasteiger partial charge in [0.15, 0.2) is 0 Å². The summed E-state index contributed by atoms with van der Waals surface area (Å²) in [6.45, 7) is 5.53. The number of rotatable bonds is 9. The zero-order valence-corrected chi connectivity index (χ0v) is 21.4. The van der Waals surface area contributed by atoms with Gasteiger partial charge in [0.05, 0.1) is 16.7 Å². The highest BCUT2D eigenvalue weighted by molar-refractivity contribution is 7.92. The molecule has 0 saturated heterocycles. The molecule has 3 rings (SSSR count). The van der Waals surface area contributed by atoms with Crippen LogP contribution in [0.15, 0.2) is 71.6 Å². The molecule has 0 saturated carbocycles. The largest absolute Gasteiger partial charge is 0.491 e. The van der Waals surface area contributed by atoms with Crippen molar-refractivity contribution in [2.75, 3.05) is 10.8 Å². The number of ether oxygens (including phenoxy) is 1. The van der Waals surface area contributed by atoms with Crippen LogP contribution in [-0.4, -0.2) is 27.0 Å². The van der Waals surface area contributed by atoms with Crippen LogP contribution in [0.2, 0.25) is 10.0 Å². The number of sulfonamides is 1. The summed E-state index contributed by atoms with van der Waals surface area (Å²) in [5.74, 6) is 0.257. The van der Waals surface area contributed by atoms with Crippen LogP contribution in [0.1, 0.15) is 25.0 Å². The predicted octanol–water partition coefficient (Wildman–Crippen LogP) is 5.60. The Balaban J connectivity index is 1.81. The Hall–Kier alpha value is -2.74. The molecule has 0 bridgehead atoms. The van der Waals surface area contributed by atoms with Crippen molar-refractivity contribution >= 4 is 44.8 Å². The van der Waals surface area contributed by atoms with E-state index in [1.807, 2.05) is 45.0 Å². The molecule has 0 heterocycles. The van der Waals surface area contributed by atoms with E-state index in [4.69, 9.17) is 27.9 Å². The van der Waals surface area contributed by atoms with Gasteiger partial charge in [-0.25, -0.2) is 8.42 Å². The van der Waals surface area contributed by atoms with Crippen molar-refractivity contribution in [3.05, 3.63) is 87.9 Å². The zero-order chi connectivity index (χ0) is 24.9. The van der Waals surface area contributed by atoms with Gasteiger partial charge in [-0.05, 0) is 68.8 Å². The fourth-order valence-electron chi connectivity index (χ4n) is 3.18. The lowest BCUT2D eigenvalue weighted by molar-refractivity contribution is -0.119. The number of nitrogens with one attached hydrogen (secondary N) is 1. The Labute approximate surface area is 210 Å². The predicted molar refractivity (Wildman–Crippen MR) is 136 cm³/mol. The first-order chi connectivity index (χ1) is 16.0. The molecule has 3 aromatic carbocycles. The fraction of sp³-hybridized carbons (Fsp3) is 0.240. The third kappa shape index (κ3) is 6.88. The third-order valence-corrected chi connectivity index (χ3v) is 7.04. The van der Waals surface area contributed by atoms with Gasteiger partial charge in [0.25, 0.3) is 10.0 Å². The van der Waals surface area contributed by atoms with Crippen molar-refractivity contribution in [2.45, 2.75) is 38.3 Å². The monoisotopic (exact) mass is 520 g/mol. The van der Waals surface area contributed by atoms with Gasteiger partial charge in [-0.2, -0.15) is 0 Å². The number of benzene rings is 3. The van der Waals surface area contributed by atoms with Gasteiger partial charge in [-0.3, -0.25) is 9.10 Å². The Morgan fingerprint density at radius 1 is 0.971 bits per heavy atom. The number of carbonyl (C=O) groups excluding carboxylic acids is 1. The molecule has 0 aliphatic carbocycles. The smallest absolute Gasteiger partial charge is 0.264 e. The van der Waals surface area contributed by atoms with Crippen LogP contribution >= 0.6 is 23.2 Å². The molecule has 180 valence electrons. The number of anilines is 1. The molecule has 6 nitrogen and oxygen atoms in total. The minimum absolute atomic E-state index is 0.0581. The van der Waals surface area contributed by atoms with Crippen molar-refractivity contribution in [3.8, 4) is 5.75 Å². The molecule has 0 atom stereocenters. The quantitative estimate of drug-likeness (QED) is 0.398. The summed E-state index contributed by atoms with van der Waals surface area (Å²) in [6, 6.07) is 18.1. The summed E-state index contributed by atoms with van der Waals surface area (Å²) in [5.41, 5.74) is 1.96.